The molecule has 1 amide bonds. The molecule has 0 bridgehead atoms. The maximum atomic E-state index is 12.8. The summed E-state index contributed by atoms with van der Waals surface area (Å²) >= 11 is 0. The van der Waals surface area contributed by atoms with Crippen molar-refractivity contribution in [2.24, 2.45) is 0 Å². The number of carbonyl (C=O) groups excluding carboxylic acids is 1. The van der Waals surface area contributed by atoms with Gasteiger partial charge in [0.25, 0.3) is 5.91 Å². The van der Waals surface area contributed by atoms with Crippen LogP contribution in [0.25, 0.3) is 0 Å². The zero-order chi connectivity index (χ0) is 17.2. The topological polar surface area (TPSA) is 49.3 Å². The number of carbonyl (C=O) groups is 1. The predicted octanol–water partition coefficient (Wildman–Crippen LogP) is 3.50. The van der Waals surface area contributed by atoms with Gasteiger partial charge in [-0.05, 0) is 50.7 Å². The Morgan fingerprint density at radius 1 is 1.00 bits per heavy atom. The summed E-state index contributed by atoms with van der Waals surface area (Å²) in [5, 5.41) is 0. The van der Waals surface area contributed by atoms with Crippen molar-refractivity contribution in [3.05, 3.63) is 47.4 Å². The number of likely N-dealkylation sites (tertiary alicyclic amines) is 1. The highest BCUT2D eigenvalue weighted by Crippen LogP contribution is 2.32. The summed E-state index contributed by atoms with van der Waals surface area (Å²) in [5.74, 6) is 1.53. The van der Waals surface area contributed by atoms with Crippen LogP contribution in [0, 0.1) is 6.92 Å². The standard InChI is InChI=1S/C20H24N4O/c1-15-21-17(20(25)23-11-5-2-6-12-23)14-19(22-15)24-13-7-9-16-8-3-4-10-18(16)24/h3-4,8,10,14H,2,5-7,9,11-13H2,1H3. The summed E-state index contributed by atoms with van der Waals surface area (Å²) in [6, 6.07) is 10.3. The first kappa shape index (κ1) is 16.1. The molecule has 1 fully saturated rings. The van der Waals surface area contributed by atoms with Crippen LogP contribution >= 0.6 is 0 Å². The van der Waals surface area contributed by atoms with E-state index in [1.807, 2.05) is 17.9 Å². The molecule has 5 nitrogen and oxygen atoms in total. The van der Waals surface area contributed by atoms with Crippen molar-refractivity contribution in [3.8, 4) is 0 Å². The van der Waals surface area contributed by atoms with E-state index in [1.54, 1.807) is 0 Å². The molecule has 0 N–H and O–H groups in total. The number of rotatable bonds is 2. The van der Waals surface area contributed by atoms with Gasteiger partial charge in [0.2, 0.25) is 0 Å². The van der Waals surface area contributed by atoms with E-state index in [2.05, 4.69) is 39.1 Å². The molecule has 1 aromatic carbocycles. The number of nitrogens with zero attached hydrogens (tertiary/aromatic N) is 4. The van der Waals surface area contributed by atoms with Crippen molar-refractivity contribution in [1.29, 1.82) is 0 Å². The van der Waals surface area contributed by atoms with Crippen molar-refractivity contribution in [3.63, 3.8) is 0 Å². The largest absolute Gasteiger partial charge is 0.337 e. The second-order valence-electron chi connectivity index (χ2n) is 6.90. The van der Waals surface area contributed by atoms with Gasteiger partial charge in [-0.3, -0.25) is 4.79 Å². The lowest BCUT2D eigenvalue weighted by molar-refractivity contribution is 0.0718. The van der Waals surface area contributed by atoms with Crippen LogP contribution in [0.2, 0.25) is 0 Å². The van der Waals surface area contributed by atoms with Crippen LogP contribution in [0.5, 0.6) is 0 Å². The number of aryl methyl sites for hydroxylation is 2. The van der Waals surface area contributed by atoms with Gasteiger partial charge >= 0.3 is 0 Å². The Bertz CT molecular complexity index is 783. The molecule has 4 rings (SSSR count). The Labute approximate surface area is 148 Å². The molecular weight excluding hydrogens is 312 g/mol. The maximum absolute atomic E-state index is 12.8. The normalized spacial score (nSPS) is 17.3. The van der Waals surface area contributed by atoms with Crippen LogP contribution in [0.3, 0.4) is 0 Å². The second-order valence-corrected chi connectivity index (χ2v) is 6.90. The van der Waals surface area contributed by atoms with Crippen LogP contribution < -0.4 is 4.90 Å². The fraction of sp³-hybridized carbons (Fsp3) is 0.450. The Morgan fingerprint density at radius 3 is 2.64 bits per heavy atom. The molecule has 3 heterocycles. The molecule has 2 aromatic rings. The van der Waals surface area contributed by atoms with Gasteiger partial charge < -0.3 is 9.80 Å². The molecular formula is C20H24N4O. The van der Waals surface area contributed by atoms with E-state index < -0.39 is 0 Å². The maximum Gasteiger partial charge on any atom is 0.272 e. The van der Waals surface area contributed by atoms with E-state index in [4.69, 9.17) is 0 Å². The quantitative estimate of drug-likeness (QED) is 0.842. The number of hydrogen-bond donors (Lipinski definition) is 0. The van der Waals surface area contributed by atoms with E-state index in [0.717, 1.165) is 51.1 Å². The highest BCUT2D eigenvalue weighted by atomic mass is 16.2. The molecule has 2 aliphatic rings. The molecule has 0 aliphatic carbocycles. The Hall–Kier alpha value is -2.43. The summed E-state index contributed by atoms with van der Waals surface area (Å²) in [4.78, 5) is 26.1. The lowest BCUT2D eigenvalue weighted by atomic mass is 10.0. The molecule has 1 aromatic heterocycles. The van der Waals surface area contributed by atoms with Crippen molar-refractivity contribution in [1.82, 2.24) is 14.9 Å². The molecule has 0 unspecified atom stereocenters. The number of benzene rings is 1. The minimum Gasteiger partial charge on any atom is -0.337 e. The minimum atomic E-state index is 0.0387. The number of fused-ring (bicyclic) bond motifs is 1. The third-order valence-electron chi connectivity index (χ3n) is 5.07. The highest BCUT2D eigenvalue weighted by molar-refractivity contribution is 5.93. The smallest absolute Gasteiger partial charge is 0.272 e. The fourth-order valence-corrected chi connectivity index (χ4v) is 3.83. The molecule has 0 radical (unpaired) electrons. The van der Waals surface area contributed by atoms with E-state index in [9.17, 15) is 4.79 Å². The third-order valence-corrected chi connectivity index (χ3v) is 5.07. The molecule has 2 aliphatic heterocycles. The summed E-state index contributed by atoms with van der Waals surface area (Å²) in [6.45, 7) is 4.46. The first-order valence-corrected chi connectivity index (χ1v) is 9.23. The van der Waals surface area contributed by atoms with Crippen molar-refractivity contribution < 1.29 is 4.79 Å². The average molecular weight is 336 g/mol. The molecule has 0 saturated carbocycles. The van der Waals surface area contributed by atoms with E-state index in [-0.39, 0.29) is 5.91 Å². The number of aromatic nitrogens is 2. The molecule has 25 heavy (non-hydrogen) atoms. The van der Waals surface area contributed by atoms with E-state index in [1.165, 1.54) is 17.7 Å². The summed E-state index contributed by atoms with van der Waals surface area (Å²) in [7, 11) is 0. The van der Waals surface area contributed by atoms with Crippen LogP contribution in [0.1, 0.15) is 47.6 Å². The summed E-state index contributed by atoms with van der Waals surface area (Å²) in [5.41, 5.74) is 3.06. The summed E-state index contributed by atoms with van der Waals surface area (Å²) < 4.78 is 0. The van der Waals surface area contributed by atoms with Gasteiger partial charge in [-0.1, -0.05) is 18.2 Å². The van der Waals surface area contributed by atoms with Gasteiger partial charge in [0.15, 0.2) is 0 Å². The Morgan fingerprint density at radius 2 is 1.80 bits per heavy atom. The second kappa shape index (κ2) is 6.82. The lowest BCUT2D eigenvalue weighted by Gasteiger charge is -2.31. The van der Waals surface area contributed by atoms with Crippen molar-refractivity contribution in [2.75, 3.05) is 24.5 Å². The van der Waals surface area contributed by atoms with Gasteiger partial charge in [0, 0.05) is 31.4 Å². The van der Waals surface area contributed by atoms with Crippen molar-refractivity contribution in [2.45, 2.75) is 39.0 Å². The van der Waals surface area contributed by atoms with E-state index in [0.29, 0.717) is 11.5 Å². The minimum absolute atomic E-state index is 0.0387. The number of amides is 1. The fourth-order valence-electron chi connectivity index (χ4n) is 3.83. The SMILES string of the molecule is Cc1nc(C(=O)N2CCCCC2)cc(N2CCCc3ccccc32)n1. The number of anilines is 2. The highest BCUT2D eigenvalue weighted by Gasteiger charge is 2.23. The number of para-hydroxylation sites is 1. The van der Waals surface area contributed by atoms with Gasteiger partial charge in [0.1, 0.15) is 17.3 Å². The first-order chi connectivity index (χ1) is 12.2. The average Bonchev–Trinajstić information content (AvgIpc) is 2.67. The monoisotopic (exact) mass is 336 g/mol. The van der Waals surface area contributed by atoms with Gasteiger partial charge in [-0.15, -0.1) is 0 Å². The van der Waals surface area contributed by atoms with Crippen molar-refractivity contribution >= 4 is 17.4 Å². The molecule has 130 valence electrons. The van der Waals surface area contributed by atoms with Gasteiger partial charge in [-0.25, -0.2) is 9.97 Å². The molecule has 0 spiro atoms. The Balaban J connectivity index is 1.68. The first-order valence-electron chi connectivity index (χ1n) is 9.23. The molecule has 0 atom stereocenters. The van der Waals surface area contributed by atoms with Gasteiger partial charge in [-0.2, -0.15) is 0 Å². The zero-order valence-electron chi connectivity index (χ0n) is 14.7. The van der Waals surface area contributed by atoms with E-state index >= 15 is 0 Å². The van der Waals surface area contributed by atoms with Crippen LogP contribution in [-0.2, 0) is 6.42 Å². The number of hydrogen-bond acceptors (Lipinski definition) is 4. The summed E-state index contributed by atoms with van der Waals surface area (Å²) in [6.07, 6.45) is 5.57. The third kappa shape index (κ3) is 3.23. The van der Waals surface area contributed by atoms with Crippen LogP contribution in [0.15, 0.2) is 30.3 Å². The number of piperidine rings is 1. The Kier molecular flexibility index (Phi) is 4.38. The van der Waals surface area contributed by atoms with Crippen LogP contribution in [-0.4, -0.2) is 40.4 Å². The lowest BCUT2D eigenvalue weighted by Crippen LogP contribution is -2.36. The predicted molar refractivity (Wildman–Crippen MR) is 98.3 cm³/mol. The molecule has 5 heteroatoms. The molecule has 1 saturated heterocycles. The van der Waals surface area contributed by atoms with Crippen LogP contribution in [0.4, 0.5) is 11.5 Å². The zero-order valence-corrected chi connectivity index (χ0v) is 14.7. The van der Waals surface area contributed by atoms with Gasteiger partial charge in [0.05, 0.1) is 0 Å².